The van der Waals surface area contributed by atoms with E-state index in [0.717, 1.165) is 32.7 Å². The van der Waals surface area contributed by atoms with Crippen molar-refractivity contribution in [2.75, 3.05) is 0 Å². The highest BCUT2D eigenvalue weighted by Crippen LogP contribution is 2.44. The van der Waals surface area contributed by atoms with Crippen molar-refractivity contribution < 1.29 is 14.6 Å². The van der Waals surface area contributed by atoms with Crippen LogP contribution in [0.5, 0.6) is 11.5 Å². The van der Waals surface area contributed by atoms with Gasteiger partial charge in [0.25, 0.3) is 0 Å². The maximum absolute atomic E-state index is 11.5. The van der Waals surface area contributed by atoms with Crippen LogP contribution in [0.1, 0.15) is 6.92 Å². The second-order valence-electron chi connectivity index (χ2n) is 5.90. The molecule has 0 saturated carbocycles. The molecule has 0 atom stereocenters. The number of carbonyl (C=O) groups excluding carboxylic acids is 1. The summed E-state index contributed by atoms with van der Waals surface area (Å²) in [5, 5.41) is 14.1. The first-order valence-electron chi connectivity index (χ1n) is 8.07. The fraction of sp³-hybridized carbons (Fsp3) is 0.0455. The van der Waals surface area contributed by atoms with Crippen LogP contribution in [0.15, 0.2) is 72.8 Å². The summed E-state index contributed by atoms with van der Waals surface area (Å²) >= 11 is 0. The molecule has 3 nitrogen and oxygen atoms in total. The van der Waals surface area contributed by atoms with Crippen molar-refractivity contribution in [3.05, 3.63) is 72.8 Å². The maximum Gasteiger partial charge on any atom is 0.308 e. The molecule has 0 aliphatic carbocycles. The summed E-state index contributed by atoms with van der Waals surface area (Å²) < 4.78 is 5.43. The standard InChI is InChI=1S/C22H16O3/c1-14(23)25-20-13-7-6-12-19(20)21-15-8-2-4-10-17(15)22(24)18-11-5-3-9-16(18)21/h2-13,24H,1H3. The van der Waals surface area contributed by atoms with Gasteiger partial charge in [-0.3, -0.25) is 4.79 Å². The van der Waals surface area contributed by atoms with E-state index in [1.807, 2.05) is 66.7 Å². The monoisotopic (exact) mass is 328 g/mol. The minimum absolute atomic E-state index is 0.264. The van der Waals surface area contributed by atoms with Gasteiger partial charge in [0.15, 0.2) is 0 Å². The Kier molecular flexibility index (Phi) is 3.62. The molecule has 1 N–H and O–H groups in total. The lowest BCUT2D eigenvalue weighted by Crippen LogP contribution is -2.02. The van der Waals surface area contributed by atoms with Gasteiger partial charge in [-0.05, 0) is 16.8 Å². The molecule has 0 aromatic heterocycles. The van der Waals surface area contributed by atoms with E-state index in [0.29, 0.717) is 5.75 Å². The van der Waals surface area contributed by atoms with Gasteiger partial charge in [-0.1, -0.05) is 66.7 Å². The van der Waals surface area contributed by atoms with Crippen molar-refractivity contribution in [2.24, 2.45) is 0 Å². The van der Waals surface area contributed by atoms with Gasteiger partial charge in [0.1, 0.15) is 11.5 Å². The highest BCUT2D eigenvalue weighted by molar-refractivity contribution is 6.17. The normalized spacial score (nSPS) is 10.9. The van der Waals surface area contributed by atoms with Crippen molar-refractivity contribution in [3.63, 3.8) is 0 Å². The topological polar surface area (TPSA) is 46.5 Å². The molecule has 0 saturated heterocycles. The third kappa shape index (κ3) is 2.50. The molecule has 0 spiro atoms. The van der Waals surface area contributed by atoms with Crippen LogP contribution in [-0.4, -0.2) is 11.1 Å². The molecule has 3 heteroatoms. The summed E-state index contributed by atoms with van der Waals surface area (Å²) in [6.45, 7) is 1.39. The van der Waals surface area contributed by atoms with Crippen LogP contribution in [0.2, 0.25) is 0 Å². The minimum Gasteiger partial charge on any atom is -0.507 e. The molecule has 0 aliphatic rings. The number of ether oxygens (including phenoxy) is 1. The summed E-state index contributed by atoms with van der Waals surface area (Å²) in [5.74, 6) is 0.413. The van der Waals surface area contributed by atoms with E-state index in [1.165, 1.54) is 6.92 Å². The van der Waals surface area contributed by atoms with Crippen molar-refractivity contribution in [2.45, 2.75) is 6.92 Å². The highest BCUT2D eigenvalue weighted by atomic mass is 16.5. The number of carbonyl (C=O) groups is 1. The van der Waals surface area contributed by atoms with Crippen molar-refractivity contribution in [1.82, 2.24) is 0 Å². The van der Waals surface area contributed by atoms with Crippen LogP contribution in [0.4, 0.5) is 0 Å². The van der Waals surface area contributed by atoms with E-state index in [4.69, 9.17) is 4.74 Å². The molecule has 25 heavy (non-hydrogen) atoms. The summed E-state index contributed by atoms with van der Waals surface area (Å²) in [7, 11) is 0. The number of fused-ring (bicyclic) bond motifs is 2. The third-order valence-electron chi connectivity index (χ3n) is 4.31. The van der Waals surface area contributed by atoms with Crippen LogP contribution in [0.3, 0.4) is 0 Å². The fourth-order valence-electron chi connectivity index (χ4n) is 3.31. The van der Waals surface area contributed by atoms with Crippen LogP contribution in [-0.2, 0) is 4.79 Å². The van der Waals surface area contributed by atoms with E-state index in [9.17, 15) is 9.90 Å². The van der Waals surface area contributed by atoms with Gasteiger partial charge >= 0.3 is 5.97 Å². The van der Waals surface area contributed by atoms with E-state index in [2.05, 4.69) is 0 Å². The van der Waals surface area contributed by atoms with E-state index < -0.39 is 0 Å². The van der Waals surface area contributed by atoms with Gasteiger partial charge in [-0.15, -0.1) is 0 Å². The zero-order valence-electron chi connectivity index (χ0n) is 13.7. The van der Waals surface area contributed by atoms with Gasteiger partial charge in [-0.25, -0.2) is 0 Å². The molecule has 4 aromatic rings. The molecule has 0 unspecified atom stereocenters. The summed E-state index contributed by atoms with van der Waals surface area (Å²) in [6, 6.07) is 22.9. The van der Waals surface area contributed by atoms with Crippen LogP contribution in [0, 0.1) is 0 Å². The number of phenols is 1. The molecule has 0 heterocycles. The number of phenolic OH excluding ortho intramolecular Hbond substituents is 1. The Bertz CT molecular complexity index is 1060. The fourth-order valence-corrected chi connectivity index (χ4v) is 3.31. The number of hydrogen-bond donors (Lipinski definition) is 1. The van der Waals surface area contributed by atoms with Gasteiger partial charge < -0.3 is 9.84 Å². The lowest BCUT2D eigenvalue weighted by molar-refractivity contribution is -0.131. The first-order chi connectivity index (χ1) is 12.2. The van der Waals surface area contributed by atoms with Gasteiger partial charge in [0, 0.05) is 28.8 Å². The summed E-state index contributed by atoms with van der Waals surface area (Å²) in [6.07, 6.45) is 0. The molecule has 0 aliphatic heterocycles. The number of benzene rings is 4. The van der Waals surface area contributed by atoms with Crippen LogP contribution in [0.25, 0.3) is 32.7 Å². The molecule has 0 amide bonds. The zero-order valence-corrected chi connectivity index (χ0v) is 13.7. The molecule has 122 valence electrons. The van der Waals surface area contributed by atoms with Crippen molar-refractivity contribution >= 4 is 27.5 Å². The van der Waals surface area contributed by atoms with Gasteiger partial charge in [0.05, 0.1) is 0 Å². The number of esters is 1. The first-order valence-corrected chi connectivity index (χ1v) is 8.07. The molecule has 0 radical (unpaired) electrons. The molecule has 0 fully saturated rings. The number of para-hydroxylation sites is 1. The Morgan fingerprint density at radius 2 is 1.24 bits per heavy atom. The lowest BCUT2D eigenvalue weighted by atomic mass is 9.91. The molecule has 4 aromatic carbocycles. The zero-order chi connectivity index (χ0) is 17.4. The number of aromatic hydroxyl groups is 1. The Labute approximate surface area is 145 Å². The molecule has 0 bridgehead atoms. The van der Waals surface area contributed by atoms with Crippen LogP contribution < -0.4 is 4.74 Å². The molecule has 4 rings (SSSR count). The second kappa shape index (κ2) is 5.95. The molecular formula is C22H16O3. The van der Waals surface area contributed by atoms with Crippen LogP contribution >= 0.6 is 0 Å². The Hall–Kier alpha value is -3.33. The van der Waals surface area contributed by atoms with E-state index in [-0.39, 0.29) is 11.7 Å². The smallest absolute Gasteiger partial charge is 0.308 e. The quantitative estimate of drug-likeness (QED) is 0.309. The average Bonchev–Trinajstić information content (AvgIpc) is 2.63. The Morgan fingerprint density at radius 1 is 0.760 bits per heavy atom. The highest BCUT2D eigenvalue weighted by Gasteiger charge is 2.17. The maximum atomic E-state index is 11.5. The second-order valence-corrected chi connectivity index (χ2v) is 5.90. The summed E-state index contributed by atoms with van der Waals surface area (Å²) in [5.41, 5.74) is 1.77. The van der Waals surface area contributed by atoms with Gasteiger partial charge in [-0.2, -0.15) is 0 Å². The number of rotatable bonds is 2. The third-order valence-corrected chi connectivity index (χ3v) is 4.31. The predicted molar refractivity (Wildman–Crippen MR) is 99.9 cm³/mol. The molecular weight excluding hydrogens is 312 g/mol. The number of hydrogen-bond acceptors (Lipinski definition) is 3. The lowest BCUT2D eigenvalue weighted by Gasteiger charge is -2.16. The Morgan fingerprint density at radius 3 is 1.80 bits per heavy atom. The predicted octanol–water partition coefficient (Wildman–Crippen LogP) is 5.29. The Balaban J connectivity index is 2.18. The van der Waals surface area contributed by atoms with E-state index >= 15 is 0 Å². The van der Waals surface area contributed by atoms with E-state index in [1.54, 1.807) is 6.07 Å². The van der Waals surface area contributed by atoms with Crippen molar-refractivity contribution in [1.29, 1.82) is 0 Å². The minimum atomic E-state index is -0.361. The summed E-state index contributed by atoms with van der Waals surface area (Å²) in [4.78, 5) is 11.5. The van der Waals surface area contributed by atoms with Gasteiger partial charge in [0.2, 0.25) is 0 Å². The first kappa shape index (κ1) is 15.2. The average molecular weight is 328 g/mol. The SMILES string of the molecule is CC(=O)Oc1ccccc1-c1c2ccccc2c(O)c2ccccc12. The largest absolute Gasteiger partial charge is 0.507 e. The van der Waals surface area contributed by atoms with Crippen molar-refractivity contribution in [3.8, 4) is 22.6 Å².